The van der Waals surface area contributed by atoms with Crippen LogP contribution in [-0.2, 0) is 10.0 Å². The molecule has 0 unspecified atom stereocenters. The number of hydrogen-bond acceptors (Lipinski definition) is 3. The predicted octanol–water partition coefficient (Wildman–Crippen LogP) is 2.03. The van der Waals surface area contributed by atoms with Gasteiger partial charge in [0.1, 0.15) is 0 Å². The Bertz CT molecular complexity index is 628. The third-order valence-electron chi connectivity index (χ3n) is 3.61. The van der Waals surface area contributed by atoms with E-state index in [0.29, 0.717) is 11.1 Å². The number of rotatable bonds is 5. The quantitative estimate of drug-likeness (QED) is 0.839. The molecule has 1 N–H and O–H groups in total. The van der Waals surface area contributed by atoms with E-state index in [1.807, 2.05) is 0 Å². The highest BCUT2D eigenvalue weighted by Gasteiger charge is 2.32. The molecule has 0 atom stereocenters. The SMILES string of the molecule is Cc1ccc(C(=O)C2CC2)cc1S(=O)(=O)NC1CC1. The lowest BCUT2D eigenvalue weighted by atomic mass is 10.1. The molecular weight excluding hydrogens is 262 g/mol. The fourth-order valence-corrected chi connectivity index (χ4v) is 3.68. The van der Waals surface area contributed by atoms with Crippen LogP contribution >= 0.6 is 0 Å². The Morgan fingerprint density at radius 2 is 1.89 bits per heavy atom. The Hall–Kier alpha value is -1.20. The Balaban J connectivity index is 1.94. The van der Waals surface area contributed by atoms with Crippen molar-refractivity contribution in [2.45, 2.75) is 43.5 Å². The van der Waals surface area contributed by atoms with Gasteiger partial charge in [0.2, 0.25) is 10.0 Å². The summed E-state index contributed by atoms with van der Waals surface area (Å²) in [5.41, 5.74) is 1.20. The van der Waals surface area contributed by atoms with Crippen LogP contribution in [0.15, 0.2) is 23.1 Å². The lowest BCUT2D eigenvalue weighted by Crippen LogP contribution is -2.26. The minimum Gasteiger partial charge on any atom is -0.294 e. The molecule has 0 amide bonds. The van der Waals surface area contributed by atoms with Gasteiger partial charge in [0, 0.05) is 17.5 Å². The van der Waals surface area contributed by atoms with Crippen molar-refractivity contribution in [1.29, 1.82) is 0 Å². The van der Waals surface area contributed by atoms with E-state index in [1.165, 1.54) is 6.07 Å². The number of nitrogens with one attached hydrogen (secondary N) is 1. The van der Waals surface area contributed by atoms with Crippen LogP contribution in [0.1, 0.15) is 41.6 Å². The molecule has 1 aromatic rings. The standard InChI is InChI=1S/C14H17NO3S/c1-9-2-3-11(14(16)10-4-5-10)8-13(9)19(17,18)15-12-6-7-12/h2-3,8,10,12,15H,4-7H2,1H3. The van der Waals surface area contributed by atoms with Gasteiger partial charge in [0.25, 0.3) is 0 Å². The van der Waals surface area contributed by atoms with Crippen LogP contribution in [0.2, 0.25) is 0 Å². The third-order valence-corrected chi connectivity index (χ3v) is 5.27. The van der Waals surface area contributed by atoms with E-state index in [0.717, 1.165) is 25.7 Å². The zero-order valence-electron chi connectivity index (χ0n) is 10.8. The van der Waals surface area contributed by atoms with Crippen LogP contribution in [0.5, 0.6) is 0 Å². The summed E-state index contributed by atoms with van der Waals surface area (Å²) in [5, 5.41) is 0. The van der Waals surface area contributed by atoms with Crippen LogP contribution in [0, 0.1) is 12.8 Å². The highest BCUT2D eigenvalue weighted by molar-refractivity contribution is 7.89. The number of ketones is 1. The van der Waals surface area contributed by atoms with Crippen molar-refractivity contribution in [3.63, 3.8) is 0 Å². The number of carbonyl (C=O) groups excluding carboxylic acids is 1. The molecule has 2 aliphatic rings. The normalized spacial score (nSPS) is 19.4. The smallest absolute Gasteiger partial charge is 0.241 e. The second-order valence-electron chi connectivity index (χ2n) is 5.51. The van der Waals surface area contributed by atoms with Crippen molar-refractivity contribution < 1.29 is 13.2 Å². The molecule has 19 heavy (non-hydrogen) atoms. The summed E-state index contributed by atoms with van der Waals surface area (Å²) in [4.78, 5) is 12.3. The van der Waals surface area contributed by atoms with Gasteiger partial charge in [0.15, 0.2) is 5.78 Å². The average molecular weight is 279 g/mol. The number of benzene rings is 1. The Kier molecular flexibility index (Phi) is 2.98. The van der Waals surface area contributed by atoms with Crippen molar-refractivity contribution in [2.75, 3.05) is 0 Å². The van der Waals surface area contributed by atoms with E-state index in [2.05, 4.69) is 4.72 Å². The van der Waals surface area contributed by atoms with E-state index in [9.17, 15) is 13.2 Å². The van der Waals surface area contributed by atoms with Crippen LogP contribution < -0.4 is 4.72 Å². The molecule has 0 aliphatic heterocycles. The molecule has 0 spiro atoms. The number of Topliss-reactive ketones (excluding diaryl/α,β-unsaturated/α-hetero) is 1. The first-order chi connectivity index (χ1) is 8.97. The lowest BCUT2D eigenvalue weighted by Gasteiger charge is -2.10. The molecule has 3 rings (SSSR count). The number of hydrogen-bond donors (Lipinski definition) is 1. The lowest BCUT2D eigenvalue weighted by molar-refractivity contribution is 0.0967. The zero-order chi connectivity index (χ0) is 13.6. The zero-order valence-corrected chi connectivity index (χ0v) is 11.7. The van der Waals surface area contributed by atoms with Gasteiger partial charge >= 0.3 is 0 Å². The Labute approximate surface area is 113 Å². The van der Waals surface area contributed by atoms with Gasteiger partial charge < -0.3 is 0 Å². The minimum atomic E-state index is -3.49. The van der Waals surface area contributed by atoms with Crippen molar-refractivity contribution in [2.24, 2.45) is 5.92 Å². The molecule has 2 saturated carbocycles. The summed E-state index contributed by atoms with van der Waals surface area (Å²) in [5.74, 6) is 0.178. The molecule has 0 radical (unpaired) electrons. The minimum absolute atomic E-state index is 0.0721. The predicted molar refractivity (Wildman–Crippen MR) is 71.6 cm³/mol. The third kappa shape index (κ3) is 2.72. The first kappa shape index (κ1) is 12.8. The second-order valence-corrected chi connectivity index (χ2v) is 7.20. The molecule has 0 saturated heterocycles. The van der Waals surface area contributed by atoms with Gasteiger partial charge in [-0.3, -0.25) is 4.79 Å². The summed E-state index contributed by atoms with van der Waals surface area (Å²) in [6.07, 6.45) is 3.65. The number of carbonyl (C=O) groups is 1. The summed E-state index contributed by atoms with van der Waals surface area (Å²) in [6.45, 7) is 1.76. The first-order valence-corrected chi connectivity index (χ1v) is 8.13. The molecule has 2 fully saturated rings. The highest BCUT2D eigenvalue weighted by atomic mass is 32.2. The van der Waals surface area contributed by atoms with Crippen molar-refractivity contribution in [3.05, 3.63) is 29.3 Å². The summed E-state index contributed by atoms with van der Waals surface area (Å²) < 4.78 is 27.1. The topological polar surface area (TPSA) is 63.2 Å². The van der Waals surface area contributed by atoms with E-state index in [-0.39, 0.29) is 22.6 Å². The van der Waals surface area contributed by atoms with E-state index >= 15 is 0 Å². The fourth-order valence-electron chi connectivity index (χ4n) is 2.11. The highest BCUT2D eigenvalue weighted by Crippen LogP contribution is 2.33. The van der Waals surface area contributed by atoms with Crippen molar-refractivity contribution in [1.82, 2.24) is 4.72 Å². The van der Waals surface area contributed by atoms with Gasteiger partial charge in [-0.05, 0) is 44.2 Å². The first-order valence-electron chi connectivity index (χ1n) is 6.64. The molecule has 0 aromatic heterocycles. The van der Waals surface area contributed by atoms with Gasteiger partial charge in [-0.1, -0.05) is 12.1 Å². The van der Waals surface area contributed by atoms with Gasteiger partial charge in [-0.2, -0.15) is 0 Å². The maximum Gasteiger partial charge on any atom is 0.241 e. The van der Waals surface area contributed by atoms with Crippen molar-refractivity contribution >= 4 is 15.8 Å². The molecule has 5 heteroatoms. The second kappa shape index (κ2) is 4.42. The maximum atomic E-state index is 12.2. The molecule has 102 valence electrons. The summed E-state index contributed by atoms with van der Waals surface area (Å²) >= 11 is 0. The van der Waals surface area contributed by atoms with Crippen LogP contribution in [-0.4, -0.2) is 20.2 Å². The summed E-state index contributed by atoms with van der Waals surface area (Å²) in [7, 11) is -3.49. The van der Waals surface area contributed by atoms with Crippen LogP contribution in [0.3, 0.4) is 0 Å². The molecule has 2 aliphatic carbocycles. The molecule has 0 bridgehead atoms. The molecular formula is C14H17NO3S. The van der Waals surface area contributed by atoms with Crippen LogP contribution in [0.4, 0.5) is 0 Å². The van der Waals surface area contributed by atoms with Crippen molar-refractivity contribution in [3.8, 4) is 0 Å². The fraction of sp³-hybridized carbons (Fsp3) is 0.500. The van der Waals surface area contributed by atoms with E-state index in [4.69, 9.17) is 0 Å². The monoisotopic (exact) mass is 279 g/mol. The number of sulfonamides is 1. The van der Waals surface area contributed by atoms with Gasteiger partial charge in [0.05, 0.1) is 4.90 Å². The Morgan fingerprint density at radius 3 is 2.47 bits per heavy atom. The molecule has 4 nitrogen and oxygen atoms in total. The van der Waals surface area contributed by atoms with Gasteiger partial charge in [-0.25, -0.2) is 13.1 Å². The molecule has 1 aromatic carbocycles. The number of aryl methyl sites for hydroxylation is 1. The summed E-state index contributed by atoms with van der Waals surface area (Å²) in [6, 6.07) is 5.05. The van der Waals surface area contributed by atoms with Crippen LogP contribution in [0.25, 0.3) is 0 Å². The van der Waals surface area contributed by atoms with E-state index in [1.54, 1.807) is 19.1 Å². The van der Waals surface area contributed by atoms with Gasteiger partial charge in [-0.15, -0.1) is 0 Å². The van der Waals surface area contributed by atoms with E-state index < -0.39 is 10.0 Å². The maximum absolute atomic E-state index is 12.2. The Morgan fingerprint density at radius 1 is 1.21 bits per heavy atom. The average Bonchev–Trinajstić information content (AvgIpc) is 3.22. The molecule has 0 heterocycles. The largest absolute Gasteiger partial charge is 0.294 e.